The minimum Gasteiger partial charge on any atom is -0.256 e. The minimum atomic E-state index is 0.914. The Morgan fingerprint density at radius 3 is 2.15 bits per heavy atom. The van der Waals surface area contributed by atoms with E-state index in [4.69, 9.17) is 0 Å². The largest absolute Gasteiger partial charge is 0.256 e. The van der Waals surface area contributed by atoms with E-state index in [-0.39, 0.29) is 0 Å². The Hall–Kier alpha value is -0.990. The Morgan fingerprint density at radius 2 is 2.00 bits per heavy atom. The molecule has 7 heteroatoms. The molecule has 2 rings (SSSR count). The van der Waals surface area contributed by atoms with Crippen molar-refractivity contribution in [1.29, 1.82) is 0 Å². The van der Waals surface area contributed by atoms with Crippen molar-refractivity contribution in [3.63, 3.8) is 0 Å². The zero-order valence-electron chi connectivity index (χ0n) is 7.29. The molecule has 0 aliphatic carbocycles. The van der Waals surface area contributed by atoms with Gasteiger partial charge in [-0.3, -0.25) is 4.68 Å². The lowest BCUT2D eigenvalue weighted by molar-refractivity contribution is 0.743. The summed E-state index contributed by atoms with van der Waals surface area (Å²) in [7, 11) is 3.68. The van der Waals surface area contributed by atoms with Crippen molar-refractivity contribution in [2.75, 3.05) is 0 Å². The lowest BCUT2D eigenvalue weighted by Crippen LogP contribution is -1.91. The third-order valence-electron chi connectivity index (χ3n) is 1.19. The maximum absolute atomic E-state index is 3.85. The molecule has 0 fully saturated rings. The van der Waals surface area contributed by atoms with Crippen LogP contribution in [0.25, 0.3) is 0 Å². The van der Waals surface area contributed by atoms with Crippen LogP contribution in [-0.2, 0) is 14.1 Å². The van der Waals surface area contributed by atoms with Gasteiger partial charge in [-0.05, 0) is 0 Å². The first kappa shape index (κ1) is 10.1. The first-order valence-electron chi connectivity index (χ1n) is 3.48. The predicted octanol–water partition coefficient (Wildman–Crippen LogP) is 0.235. The number of halogens is 1. The number of nitrogens with zero attached hydrogens (tertiary/aromatic N) is 6. The van der Waals surface area contributed by atoms with Crippen molar-refractivity contribution in [3.05, 3.63) is 22.8 Å². The van der Waals surface area contributed by atoms with Crippen LogP contribution in [-0.4, -0.2) is 29.5 Å². The van der Waals surface area contributed by atoms with Gasteiger partial charge in [-0.1, -0.05) is 0 Å². The topological polar surface area (TPSA) is 61.4 Å². The van der Waals surface area contributed by atoms with Gasteiger partial charge in [-0.25, -0.2) is 14.6 Å². The SMILES string of the molecule is Cn1cncn1.Cn1ncnc1I. The number of rotatable bonds is 0. The van der Waals surface area contributed by atoms with Crippen LogP contribution in [0.1, 0.15) is 0 Å². The fraction of sp³-hybridized carbons (Fsp3) is 0.333. The van der Waals surface area contributed by atoms with Crippen molar-refractivity contribution < 1.29 is 0 Å². The molecule has 0 amide bonds. The fourth-order valence-corrected chi connectivity index (χ4v) is 0.799. The van der Waals surface area contributed by atoms with Crippen LogP contribution in [0.4, 0.5) is 0 Å². The quantitative estimate of drug-likeness (QED) is 0.652. The molecule has 6 nitrogen and oxygen atoms in total. The summed E-state index contributed by atoms with van der Waals surface area (Å²) in [6.07, 6.45) is 4.67. The smallest absolute Gasteiger partial charge is 0.188 e. The van der Waals surface area contributed by atoms with Gasteiger partial charge in [-0.15, -0.1) is 0 Å². The van der Waals surface area contributed by atoms with Gasteiger partial charge in [0.2, 0.25) is 0 Å². The summed E-state index contributed by atoms with van der Waals surface area (Å²) in [4.78, 5) is 7.53. The third-order valence-corrected chi connectivity index (χ3v) is 2.17. The molecular weight excluding hydrogens is 283 g/mol. The lowest BCUT2D eigenvalue weighted by Gasteiger charge is -1.82. The first-order valence-corrected chi connectivity index (χ1v) is 4.56. The summed E-state index contributed by atoms with van der Waals surface area (Å²) >= 11 is 2.11. The second kappa shape index (κ2) is 4.90. The van der Waals surface area contributed by atoms with Crippen LogP contribution in [0.3, 0.4) is 0 Å². The molecule has 0 aliphatic heterocycles. The number of hydrogen-bond acceptors (Lipinski definition) is 4. The molecule has 0 aliphatic rings. The van der Waals surface area contributed by atoms with E-state index in [2.05, 4.69) is 42.8 Å². The molecule has 0 unspecified atom stereocenters. The molecule has 0 saturated carbocycles. The van der Waals surface area contributed by atoms with E-state index >= 15 is 0 Å². The molecule has 0 saturated heterocycles. The van der Waals surface area contributed by atoms with Crippen LogP contribution in [0.5, 0.6) is 0 Å². The van der Waals surface area contributed by atoms with E-state index in [1.807, 2.05) is 14.1 Å². The number of hydrogen-bond donors (Lipinski definition) is 0. The van der Waals surface area contributed by atoms with Crippen molar-refractivity contribution >= 4 is 22.6 Å². The summed E-state index contributed by atoms with van der Waals surface area (Å²) in [6.45, 7) is 0. The van der Waals surface area contributed by atoms with Crippen molar-refractivity contribution in [3.8, 4) is 0 Å². The molecular formula is C6H9IN6. The molecule has 0 bridgehead atoms. The van der Waals surface area contributed by atoms with Gasteiger partial charge < -0.3 is 0 Å². The fourth-order valence-electron chi connectivity index (χ4n) is 0.549. The molecule has 2 aromatic rings. The Labute approximate surface area is 89.1 Å². The van der Waals surface area contributed by atoms with Gasteiger partial charge >= 0.3 is 0 Å². The van der Waals surface area contributed by atoms with Gasteiger partial charge in [0.05, 0.1) is 0 Å². The highest BCUT2D eigenvalue weighted by Gasteiger charge is 1.87. The average Bonchev–Trinajstić information content (AvgIpc) is 2.67. The predicted molar refractivity (Wildman–Crippen MR) is 54.7 cm³/mol. The van der Waals surface area contributed by atoms with E-state index in [0.717, 1.165) is 3.83 Å². The van der Waals surface area contributed by atoms with E-state index in [1.165, 1.54) is 12.7 Å². The van der Waals surface area contributed by atoms with Crippen molar-refractivity contribution in [2.24, 2.45) is 14.1 Å². The van der Waals surface area contributed by atoms with Crippen LogP contribution < -0.4 is 0 Å². The Kier molecular flexibility index (Phi) is 3.80. The maximum Gasteiger partial charge on any atom is 0.188 e. The highest BCUT2D eigenvalue weighted by atomic mass is 127. The van der Waals surface area contributed by atoms with Gasteiger partial charge in [0.25, 0.3) is 0 Å². The van der Waals surface area contributed by atoms with E-state index in [9.17, 15) is 0 Å². The summed E-state index contributed by atoms with van der Waals surface area (Å²) in [5, 5.41) is 7.54. The Balaban J connectivity index is 0.000000132. The molecule has 2 aromatic heterocycles. The molecule has 2 heterocycles. The molecule has 13 heavy (non-hydrogen) atoms. The standard InChI is InChI=1S/C3H4IN3.C3H5N3/c1-7-3(4)5-2-6-7;1-6-3-4-2-5-6/h2H,1H3;2-3H,1H3. The zero-order chi connectivity index (χ0) is 9.68. The molecule has 0 N–H and O–H groups in total. The zero-order valence-corrected chi connectivity index (χ0v) is 9.45. The summed E-state index contributed by atoms with van der Waals surface area (Å²) in [5.41, 5.74) is 0. The van der Waals surface area contributed by atoms with Gasteiger partial charge in [0, 0.05) is 36.7 Å². The minimum absolute atomic E-state index is 0.914. The monoisotopic (exact) mass is 292 g/mol. The second-order valence-electron chi connectivity index (χ2n) is 2.22. The van der Waals surface area contributed by atoms with E-state index in [0.29, 0.717) is 0 Å². The summed E-state index contributed by atoms with van der Waals surface area (Å²) in [6, 6.07) is 0. The molecule has 0 radical (unpaired) electrons. The first-order chi connectivity index (χ1) is 6.20. The highest BCUT2D eigenvalue weighted by molar-refractivity contribution is 14.1. The van der Waals surface area contributed by atoms with E-state index < -0.39 is 0 Å². The van der Waals surface area contributed by atoms with Crippen LogP contribution >= 0.6 is 22.6 Å². The number of aryl methyl sites for hydroxylation is 2. The normalized spacial score (nSPS) is 9.15. The van der Waals surface area contributed by atoms with Gasteiger partial charge in [0.15, 0.2) is 3.83 Å². The Bertz CT molecular complexity index is 323. The third kappa shape index (κ3) is 3.49. The van der Waals surface area contributed by atoms with Crippen molar-refractivity contribution in [1.82, 2.24) is 29.5 Å². The number of aromatic nitrogens is 6. The van der Waals surface area contributed by atoms with E-state index in [1.54, 1.807) is 15.7 Å². The molecule has 0 spiro atoms. The van der Waals surface area contributed by atoms with Gasteiger partial charge in [0.1, 0.15) is 19.0 Å². The Morgan fingerprint density at radius 1 is 1.23 bits per heavy atom. The van der Waals surface area contributed by atoms with Crippen LogP contribution in [0, 0.1) is 3.83 Å². The summed E-state index contributed by atoms with van der Waals surface area (Å²) in [5.74, 6) is 0. The summed E-state index contributed by atoms with van der Waals surface area (Å²) < 4.78 is 4.26. The molecule has 0 aromatic carbocycles. The van der Waals surface area contributed by atoms with Gasteiger partial charge in [-0.2, -0.15) is 10.2 Å². The molecule has 70 valence electrons. The maximum atomic E-state index is 3.85. The van der Waals surface area contributed by atoms with Crippen molar-refractivity contribution in [2.45, 2.75) is 0 Å². The second-order valence-corrected chi connectivity index (χ2v) is 3.19. The highest BCUT2D eigenvalue weighted by Crippen LogP contribution is 1.92. The molecule has 0 atom stereocenters. The van der Waals surface area contributed by atoms with Crippen LogP contribution in [0.2, 0.25) is 0 Å². The lowest BCUT2D eigenvalue weighted by atomic mass is 11.2. The average molecular weight is 292 g/mol. The van der Waals surface area contributed by atoms with Crippen LogP contribution in [0.15, 0.2) is 19.0 Å².